The minimum Gasteiger partial charge on any atom is -0.383 e. The molecule has 3 aromatic rings. The van der Waals surface area contributed by atoms with Crippen LogP contribution in [0, 0.1) is 5.82 Å². The number of nitrogens with one attached hydrogen (secondary N) is 3. The summed E-state index contributed by atoms with van der Waals surface area (Å²) in [5, 5.41) is 4.99. The molecule has 10 nitrogen and oxygen atoms in total. The highest BCUT2D eigenvalue weighted by Crippen LogP contribution is 2.13. The van der Waals surface area contributed by atoms with Crippen molar-refractivity contribution in [3.8, 4) is 0 Å². The number of H-pyrrole nitrogens is 1. The fourth-order valence-electron chi connectivity index (χ4n) is 2.79. The molecule has 0 bridgehead atoms. The molecular formula is C20H20FN7O3. The van der Waals surface area contributed by atoms with E-state index in [4.69, 9.17) is 11.5 Å². The predicted molar refractivity (Wildman–Crippen MR) is 113 cm³/mol. The highest BCUT2D eigenvalue weighted by atomic mass is 19.1. The quantitative estimate of drug-likeness (QED) is 0.369. The molecule has 31 heavy (non-hydrogen) atoms. The lowest BCUT2D eigenvalue weighted by atomic mass is 10.1. The maximum Gasteiger partial charge on any atom is 0.272 e. The maximum absolute atomic E-state index is 14.3. The molecular weight excluding hydrogens is 405 g/mol. The Labute approximate surface area is 175 Å². The lowest BCUT2D eigenvalue weighted by molar-refractivity contribution is -0.115. The molecule has 0 atom stereocenters. The highest BCUT2D eigenvalue weighted by molar-refractivity contribution is 5.95. The summed E-state index contributed by atoms with van der Waals surface area (Å²) in [6, 6.07) is 10.5. The minimum atomic E-state index is -0.901. The number of aromatic amines is 1. The van der Waals surface area contributed by atoms with E-state index in [1.54, 1.807) is 0 Å². The minimum absolute atomic E-state index is 0.0155. The summed E-state index contributed by atoms with van der Waals surface area (Å²) in [5.74, 6) is -2.57. The number of aromatic nitrogens is 3. The molecule has 2 heterocycles. The van der Waals surface area contributed by atoms with Gasteiger partial charge in [-0.15, -0.1) is 0 Å². The molecule has 2 amide bonds. The summed E-state index contributed by atoms with van der Waals surface area (Å²) in [7, 11) is 0. The smallest absolute Gasteiger partial charge is 0.272 e. The van der Waals surface area contributed by atoms with E-state index in [0.29, 0.717) is 13.0 Å². The average molecular weight is 425 g/mol. The fraction of sp³-hybridized carbons (Fsp3) is 0.150. The van der Waals surface area contributed by atoms with Crippen molar-refractivity contribution in [3.63, 3.8) is 0 Å². The summed E-state index contributed by atoms with van der Waals surface area (Å²) in [5.41, 5.74) is 10.9. The molecule has 3 rings (SSSR count). The Balaban J connectivity index is 1.59. The Morgan fingerprint density at radius 3 is 2.58 bits per heavy atom. The van der Waals surface area contributed by atoms with Crippen molar-refractivity contribution in [2.45, 2.75) is 12.8 Å². The van der Waals surface area contributed by atoms with Crippen LogP contribution in [0.5, 0.6) is 0 Å². The van der Waals surface area contributed by atoms with Crippen molar-refractivity contribution < 1.29 is 14.0 Å². The van der Waals surface area contributed by atoms with Gasteiger partial charge in [0.05, 0.1) is 23.9 Å². The van der Waals surface area contributed by atoms with E-state index in [1.165, 1.54) is 0 Å². The number of nitrogen functional groups attached to an aromatic ring is 2. The van der Waals surface area contributed by atoms with Crippen LogP contribution >= 0.6 is 0 Å². The number of nitrogens with two attached hydrogens (primary N) is 2. The summed E-state index contributed by atoms with van der Waals surface area (Å²) in [4.78, 5) is 45.9. The number of anilines is 3. The molecule has 0 aliphatic carbocycles. The highest BCUT2D eigenvalue weighted by Gasteiger charge is 2.16. The van der Waals surface area contributed by atoms with Crippen LogP contribution in [0.15, 0.2) is 47.4 Å². The molecule has 0 unspecified atom stereocenters. The topological polar surface area (TPSA) is 169 Å². The van der Waals surface area contributed by atoms with E-state index in [9.17, 15) is 18.8 Å². The van der Waals surface area contributed by atoms with Crippen LogP contribution in [0.25, 0.3) is 0 Å². The molecule has 0 saturated carbocycles. The van der Waals surface area contributed by atoms with E-state index in [1.807, 2.05) is 30.3 Å². The van der Waals surface area contributed by atoms with Crippen LogP contribution in [0.4, 0.5) is 21.8 Å². The molecule has 0 saturated heterocycles. The summed E-state index contributed by atoms with van der Waals surface area (Å²) >= 11 is 0. The molecule has 1 aromatic carbocycles. The standard InChI is InChI=1S/C20H20FN7O3/c21-14-8-12(26-15(29)9-13-17(22)27-20(23)28-18(13)30)10-25-16(14)19(31)24-7-6-11-4-2-1-3-5-11/h1-5,8,10H,6-7,9H2,(H,24,31)(H,26,29)(H5,22,23,27,28,30). The Bertz CT molecular complexity index is 1170. The van der Waals surface area contributed by atoms with Gasteiger partial charge >= 0.3 is 0 Å². The summed E-state index contributed by atoms with van der Waals surface area (Å²) < 4.78 is 14.3. The normalized spacial score (nSPS) is 10.5. The fourth-order valence-corrected chi connectivity index (χ4v) is 2.79. The van der Waals surface area contributed by atoms with Gasteiger partial charge in [0.15, 0.2) is 11.5 Å². The second-order valence-corrected chi connectivity index (χ2v) is 6.59. The second kappa shape index (κ2) is 9.48. The van der Waals surface area contributed by atoms with Crippen LogP contribution in [-0.4, -0.2) is 33.3 Å². The summed E-state index contributed by atoms with van der Waals surface area (Å²) in [6.45, 7) is 0.314. The number of pyridine rings is 1. The molecule has 0 spiro atoms. The first-order chi connectivity index (χ1) is 14.8. The van der Waals surface area contributed by atoms with Crippen LogP contribution in [0.2, 0.25) is 0 Å². The number of nitrogens with zero attached hydrogens (tertiary/aromatic N) is 2. The molecule has 0 fully saturated rings. The largest absolute Gasteiger partial charge is 0.383 e. The molecule has 11 heteroatoms. The number of hydrogen-bond acceptors (Lipinski definition) is 7. The zero-order chi connectivity index (χ0) is 22.4. The Hall–Kier alpha value is -4.28. The lowest BCUT2D eigenvalue weighted by Crippen LogP contribution is -2.28. The van der Waals surface area contributed by atoms with Crippen molar-refractivity contribution >= 4 is 29.3 Å². The molecule has 0 aliphatic rings. The number of carbonyl (C=O) groups excluding carboxylic acids is 2. The first kappa shape index (κ1) is 21.4. The number of benzene rings is 1. The zero-order valence-electron chi connectivity index (χ0n) is 16.3. The number of halogens is 1. The van der Waals surface area contributed by atoms with E-state index in [-0.39, 0.29) is 23.0 Å². The Kier molecular flexibility index (Phi) is 6.55. The van der Waals surface area contributed by atoms with Crippen molar-refractivity contribution in [3.05, 3.63) is 75.6 Å². The third kappa shape index (κ3) is 5.63. The SMILES string of the molecule is Nc1nc(N)c(CC(=O)Nc2cnc(C(=O)NCCc3ccccc3)c(F)c2)c(=O)[nH]1. The van der Waals surface area contributed by atoms with Crippen LogP contribution < -0.4 is 27.7 Å². The number of hydrogen-bond donors (Lipinski definition) is 5. The average Bonchev–Trinajstić information content (AvgIpc) is 2.71. The first-order valence-electron chi connectivity index (χ1n) is 9.25. The van der Waals surface area contributed by atoms with E-state index < -0.39 is 35.3 Å². The van der Waals surface area contributed by atoms with Gasteiger partial charge in [0.1, 0.15) is 5.82 Å². The molecule has 7 N–H and O–H groups in total. The van der Waals surface area contributed by atoms with Crippen molar-refractivity contribution in [1.29, 1.82) is 0 Å². The van der Waals surface area contributed by atoms with Gasteiger partial charge in [0, 0.05) is 12.6 Å². The summed E-state index contributed by atoms with van der Waals surface area (Å²) in [6.07, 6.45) is 1.32. The zero-order valence-corrected chi connectivity index (χ0v) is 16.3. The maximum atomic E-state index is 14.3. The lowest BCUT2D eigenvalue weighted by Gasteiger charge is -2.09. The van der Waals surface area contributed by atoms with Gasteiger partial charge in [0.25, 0.3) is 11.5 Å². The van der Waals surface area contributed by atoms with E-state index >= 15 is 0 Å². The predicted octanol–water partition coefficient (Wildman–Crippen LogP) is 0.622. The number of amides is 2. The van der Waals surface area contributed by atoms with Gasteiger partial charge in [-0.25, -0.2) is 9.37 Å². The van der Waals surface area contributed by atoms with Gasteiger partial charge < -0.3 is 22.1 Å². The van der Waals surface area contributed by atoms with Gasteiger partial charge in [-0.05, 0) is 12.0 Å². The monoisotopic (exact) mass is 425 g/mol. The van der Waals surface area contributed by atoms with Crippen molar-refractivity contribution in [2.24, 2.45) is 0 Å². The van der Waals surface area contributed by atoms with Gasteiger partial charge in [0.2, 0.25) is 11.9 Å². The van der Waals surface area contributed by atoms with Gasteiger partial charge in [-0.1, -0.05) is 30.3 Å². The number of rotatable bonds is 7. The Morgan fingerprint density at radius 1 is 1.16 bits per heavy atom. The number of carbonyl (C=O) groups is 2. The third-order valence-corrected chi connectivity index (χ3v) is 4.29. The molecule has 0 aliphatic heterocycles. The molecule has 0 radical (unpaired) electrons. The van der Waals surface area contributed by atoms with Crippen molar-refractivity contribution in [2.75, 3.05) is 23.3 Å². The van der Waals surface area contributed by atoms with Crippen molar-refractivity contribution in [1.82, 2.24) is 20.3 Å². The van der Waals surface area contributed by atoms with Crippen LogP contribution in [0.1, 0.15) is 21.6 Å². The van der Waals surface area contributed by atoms with E-state index in [0.717, 1.165) is 17.8 Å². The van der Waals surface area contributed by atoms with E-state index in [2.05, 4.69) is 25.6 Å². The van der Waals surface area contributed by atoms with Crippen LogP contribution in [0.3, 0.4) is 0 Å². The molecule has 160 valence electrons. The third-order valence-electron chi connectivity index (χ3n) is 4.29. The Morgan fingerprint density at radius 2 is 1.90 bits per heavy atom. The van der Waals surface area contributed by atoms with Gasteiger partial charge in [-0.2, -0.15) is 4.98 Å². The second-order valence-electron chi connectivity index (χ2n) is 6.59. The first-order valence-corrected chi connectivity index (χ1v) is 9.25. The van der Waals surface area contributed by atoms with Crippen LogP contribution in [-0.2, 0) is 17.6 Å². The molecule has 2 aromatic heterocycles. The van der Waals surface area contributed by atoms with Gasteiger partial charge in [-0.3, -0.25) is 19.4 Å².